The van der Waals surface area contributed by atoms with Crippen LogP contribution < -0.4 is 0 Å². The number of carboxylic acid groups (broad SMARTS) is 1. The molecule has 14 heavy (non-hydrogen) atoms. The van der Waals surface area contributed by atoms with Crippen LogP contribution >= 0.6 is 0 Å². The van der Waals surface area contributed by atoms with Crippen molar-refractivity contribution in [1.29, 1.82) is 0 Å². The van der Waals surface area contributed by atoms with Crippen LogP contribution in [0, 0.1) is 11.3 Å². The Morgan fingerprint density at radius 3 is 2.36 bits per heavy atom. The molecule has 0 aromatic carbocycles. The van der Waals surface area contributed by atoms with Gasteiger partial charge in [-0.3, -0.25) is 4.79 Å². The van der Waals surface area contributed by atoms with Crippen molar-refractivity contribution in [3.05, 3.63) is 0 Å². The van der Waals surface area contributed by atoms with Crippen LogP contribution in [0.5, 0.6) is 0 Å². The molecular weight excluding hydrogens is 180 g/mol. The smallest absolute Gasteiger partial charge is 0.309 e. The van der Waals surface area contributed by atoms with Gasteiger partial charge < -0.3 is 10.2 Å². The standard InChI is InChI=1S/C11H20O3/c1-8-3-5-11(6-4-8,10(13)14)7-9(2)12/h8-9,12H,3-7H2,1-2H3,(H,13,14). The van der Waals surface area contributed by atoms with E-state index in [1.165, 1.54) is 0 Å². The van der Waals surface area contributed by atoms with E-state index in [4.69, 9.17) is 0 Å². The summed E-state index contributed by atoms with van der Waals surface area (Å²) in [7, 11) is 0. The number of carboxylic acids is 1. The summed E-state index contributed by atoms with van der Waals surface area (Å²) in [6.07, 6.45) is 3.26. The van der Waals surface area contributed by atoms with Crippen LogP contribution in [0.4, 0.5) is 0 Å². The third-order valence-corrected chi connectivity index (χ3v) is 3.37. The van der Waals surface area contributed by atoms with Gasteiger partial charge in [-0.1, -0.05) is 6.92 Å². The van der Waals surface area contributed by atoms with Gasteiger partial charge in [0.25, 0.3) is 0 Å². The van der Waals surface area contributed by atoms with E-state index in [9.17, 15) is 15.0 Å². The molecule has 1 rings (SSSR count). The fourth-order valence-corrected chi connectivity index (χ4v) is 2.39. The average molecular weight is 200 g/mol. The lowest BCUT2D eigenvalue weighted by Crippen LogP contribution is -2.37. The minimum Gasteiger partial charge on any atom is -0.481 e. The van der Waals surface area contributed by atoms with Crippen LogP contribution in [0.25, 0.3) is 0 Å². The third-order valence-electron chi connectivity index (χ3n) is 3.37. The fraction of sp³-hybridized carbons (Fsp3) is 0.909. The highest BCUT2D eigenvalue weighted by atomic mass is 16.4. The van der Waals surface area contributed by atoms with Gasteiger partial charge in [-0.2, -0.15) is 0 Å². The molecule has 1 aliphatic carbocycles. The number of hydrogen-bond acceptors (Lipinski definition) is 2. The van der Waals surface area contributed by atoms with E-state index < -0.39 is 17.5 Å². The summed E-state index contributed by atoms with van der Waals surface area (Å²) in [6.45, 7) is 3.83. The molecule has 1 saturated carbocycles. The van der Waals surface area contributed by atoms with Gasteiger partial charge in [0.2, 0.25) is 0 Å². The van der Waals surface area contributed by atoms with Crippen molar-refractivity contribution in [1.82, 2.24) is 0 Å². The highest BCUT2D eigenvalue weighted by Crippen LogP contribution is 2.42. The lowest BCUT2D eigenvalue weighted by molar-refractivity contribution is -0.153. The second kappa shape index (κ2) is 4.30. The minimum atomic E-state index is -0.731. The van der Waals surface area contributed by atoms with Crippen LogP contribution in [0.15, 0.2) is 0 Å². The molecule has 0 aliphatic heterocycles. The molecule has 0 radical (unpaired) electrons. The largest absolute Gasteiger partial charge is 0.481 e. The Balaban J connectivity index is 2.68. The fourth-order valence-electron chi connectivity index (χ4n) is 2.39. The maximum atomic E-state index is 11.2. The Bertz CT molecular complexity index is 203. The van der Waals surface area contributed by atoms with Gasteiger partial charge in [-0.25, -0.2) is 0 Å². The van der Waals surface area contributed by atoms with Gasteiger partial charge in [0.05, 0.1) is 11.5 Å². The Labute approximate surface area is 85.1 Å². The Morgan fingerprint density at radius 2 is 2.00 bits per heavy atom. The predicted molar refractivity (Wildman–Crippen MR) is 54.0 cm³/mol. The van der Waals surface area contributed by atoms with Gasteiger partial charge in [-0.05, 0) is 44.9 Å². The predicted octanol–water partition coefficient (Wildman–Crippen LogP) is 2.04. The first kappa shape index (κ1) is 11.5. The normalized spacial score (nSPS) is 35.2. The van der Waals surface area contributed by atoms with Crippen LogP contribution in [0.3, 0.4) is 0 Å². The zero-order valence-electron chi connectivity index (χ0n) is 8.99. The van der Waals surface area contributed by atoms with E-state index in [1.807, 2.05) is 0 Å². The molecule has 1 aliphatic rings. The summed E-state index contributed by atoms with van der Waals surface area (Å²) >= 11 is 0. The molecule has 0 aromatic heterocycles. The Kier molecular flexibility index (Phi) is 3.53. The summed E-state index contributed by atoms with van der Waals surface area (Å²) < 4.78 is 0. The number of aliphatic hydroxyl groups is 1. The van der Waals surface area contributed by atoms with Crippen molar-refractivity contribution >= 4 is 5.97 Å². The molecule has 3 heteroatoms. The summed E-state index contributed by atoms with van der Waals surface area (Å²) in [6, 6.07) is 0. The molecule has 0 amide bonds. The summed E-state index contributed by atoms with van der Waals surface area (Å²) in [5.74, 6) is -0.0956. The minimum absolute atomic E-state index is 0.398. The van der Waals surface area contributed by atoms with Crippen molar-refractivity contribution in [2.75, 3.05) is 0 Å². The topological polar surface area (TPSA) is 57.5 Å². The molecule has 1 unspecified atom stereocenters. The molecule has 0 spiro atoms. The third kappa shape index (κ3) is 2.47. The van der Waals surface area contributed by atoms with Gasteiger partial charge in [-0.15, -0.1) is 0 Å². The SMILES string of the molecule is CC(O)CC1(C(=O)O)CCC(C)CC1. The van der Waals surface area contributed by atoms with Crippen LogP contribution in [-0.4, -0.2) is 22.3 Å². The number of aliphatic hydroxyl groups excluding tert-OH is 1. The van der Waals surface area contributed by atoms with Gasteiger partial charge >= 0.3 is 5.97 Å². The van der Waals surface area contributed by atoms with Crippen LogP contribution in [-0.2, 0) is 4.79 Å². The molecule has 3 nitrogen and oxygen atoms in total. The maximum Gasteiger partial charge on any atom is 0.309 e. The van der Waals surface area contributed by atoms with Crippen LogP contribution in [0.1, 0.15) is 46.0 Å². The summed E-state index contributed by atoms with van der Waals surface area (Å²) in [5, 5.41) is 18.5. The van der Waals surface area contributed by atoms with Crippen molar-refractivity contribution in [3.8, 4) is 0 Å². The first-order chi connectivity index (χ1) is 6.46. The number of hydrogen-bond donors (Lipinski definition) is 2. The second-order valence-corrected chi connectivity index (χ2v) is 4.82. The van der Waals surface area contributed by atoms with E-state index in [0.717, 1.165) is 12.8 Å². The number of rotatable bonds is 3. The number of carbonyl (C=O) groups is 1. The molecule has 0 heterocycles. The van der Waals surface area contributed by atoms with Gasteiger partial charge in [0.15, 0.2) is 0 Å². The summed E-state index contributed by atoms with van der Waals surface area (Å²) in [5.41, 5.74) is -0.652. The molecular formula is C11H20O3. The zero-order chi connectivity index (χ0) is 10.8. The van der Waals surface area contributed by atoms with Crippen molar-refractivity contribution in [3.63, 3.8) is 0 Å². The van der Waals surface area contributed by atoms with E-state index in [0.29, 0.717) is 25.2 Å². The number of aliphatic carboxylic acids is 1. The van der Waals surface area contributed by atoms with E-state index in [-0.39, 0.29) is 0 Å². The first-order valence-corrected chi connectivity index (χ1v) is 5.38. The lowest BCUT2D eigenvalue weighted by atomic mass is 9.68. The molecule has 1 fully saturated rings. The Morgan fingerprint density at radius 1 is 1.50 bits per heavy atom. The highest BCUT2D eigenvalue weighted by Gasteiger charge is 2.41. The highest BCUT2D eigenvalue weighted by molar-refractivity contribution is 5.74. The van der Waals surface area contributed by atoms with Crippen molar-refractivity contribution in [2.45, 2.75) is 52.1 Å². The Hall–Kier alpha value is -0.570. The maximum absolute atomic E-state index is 11.2. The molecule has 82 valence electrons. The quantitative estimate of drug-likeness (QED) is 0.733. The molecule has 0 bridgehead atoms. The molecule has 1 atom stereocenters. The molecule has 2 N–H and O–H groups in total. The monoisotopic (exact) mass is 200 g/mol. The van der Waals surface area contributed by atoms with Gasteiger partial charge in [0, 0.05) is 0 Å². The van der Waals surface area contributed by atoms with Crippen LogP contribution in [0.2, 0.25) is 0 Å². The average Bonchev–Trinajstić information content (AvgIpc) is 2.08. The first-order valence-electron chi connectivity index (χ1n) is 5.38. The van der Waals surface area contributed by atoms with Gasteiger partial charge in [0.1, 0.15) is 0 Å². The second-order valence-electron chi connectivity index (χ2n) is 4.82. The van der Waals surface area contributed by atoms with Crippen molar-refractivity contribution in [2.24, 2.45) is 11.3 Å². The van der Waals surface area contributed by atoms with Crippen molar-refractivity contribution < 1.29 is 15.0 Å². The van der Waals surface area contributed by atoms with E-state index >= 15 is 0 Å². The zero-order valence-corrected chi connectivity index (χ0v) is 8.99. The summed E-state index contributed by atoms with van der Waals surface area (Å²) in [4.78, 5) is 11.2. The molecule has 0 saturated heterocycles. The lowest BCUT2D eigenvalue weighted by Gasteiger charge is -2.36. The van der Waals surface area contributed by atoms with E-state index in [1.54, 1.807) is 6.92 Å². The molecule has 0 aromatic rings. The van der Waals surface area contributed by atoms with E-state index in [2.05, 4.69) is 6.92 Å².